The highest BCUT2D eigenvalue weighted by Gasteiger charge is 2.34. The molecular formula is C12H26N2. The highest BCUT2D eigenvalue weighted by Crippen LogP contribution is 2.29. The molecule has 1 atom stereocenters. The second kappa shape index (κ2) is 4.63. The van der Waals surface area contributed by atoms with Crippen molar-refractivity contribution >= 4 is 0 Å². The normalized spacial score (nSPS) is 25.7. The zero-order valence-corrected chi connectivity index (χ0v) is 10.2. The molecule has 0 saturated carbocycles. The van der Waals surface area contributed by atoms with Crippen molar-refractivity contribution in [2.24, 2.45) is 11.7 Å². The van der Waals surface area contributed by atoms with Crippen LogP contribution in [0.2, 0.25) is 0 Å². The van der Waals surface area contributed by atoms with Crippen LogP contribution in [0.15, 0.2) is 0 Å². The highest BCUT2D eigenvalue weighted by atomic mass is 15.2. The van der Waals surface area contributed by atoms with Crippen molar-refractivity contribution < 1.29 is 0 Å². The van der Waals surface area contributed by atoms with Gasteiger partial charge in [-0.25, -0.2) is 0 Å². The third-order valence-electron chi connectivity index (χ3n) is 3.60. The average Bonchev–Trinajstić information content (AvgIpc) is 2.18. The number of piperidine rings is 1. The lowest BCUT2D eigenvalue weighted by molar-refractivity contribution is 0.0226. The second-order valence-electron chi connectivity index (χ2n) is 5.52. The van der Waals surface area contributed by atoms with Crippen molar-refractivity contribution in [3.05, 3.63) is 0 Å². The molecule has 1 saturated heterocycles. The molecule has 14 heavy (non-hydrogen) atoms. The van der Waals surface area contributed by atoms with E-state index in [-0.39, 0.29) is 5.54 Å². The van der Waals surface area contributed by atoms with Gasteiger partial charge in [-0.05, 0) is 39.2 Å². The fourth-order valence-electron chi connectivity index (χ4n) is 2.52. The lowest BCUT2D eigenvalue weighted by Crippen LogP contribution is -2.57. The summed E-state index contributed by atoms with van der Waals surface area (Å²) in [6.07, 6.45) is 4.08. The van der Waals surface area contributed by atoms with E-state index >= 15 is 0 Å². The largest absolute Gasteiger partial charge is 0.329 e. The number of nitrogens with zero attached hydrogens (tertiary/aromatic N) is 1. The van der Waals surface area contributed by atoms with Crippen molar-refractivity contribution in [1.82, 2.24) is 4.90 Å². The molecule has 1 rings (SSSR count). The zero-order valence-electron chi connectivity index (χ0n) is 10.2. The summed E-state index contributed by atoms with van der Waals surface area (Å²) in [5, 5.41) is 0. The second-order valence-corrected chi connectivity index (χ2v) is 5.52. The molecule has 0 aliphatic carbocycles. The Morgan fingerprint density at radius 1 is 1.36 bits per heavy atom. The van der Waals surface area contributed by atoms with Gasteiger partial charge in [-0.2, -0.15) is 0 Å². The Hall–Kier alpha value is -0.0800. The van der Waals surface area contributed by atoms with Gasteiger partial charge in [0.15, 0.2) is 0 Å². The van der Waals surface area contributed by atoms with Gasteiger partial charge in [0.2, 0.25) is 0 Å². The summed E-state index contributed by atoms with van der Waals surface area (Å²) in [7, 11) is 0. The van der Waals surface area contributed by atoms with E-state index in [2.05, 4.69) is 32.6 Å². The Bertz CT molecular complexity index is 175. The van der Waals surface area contributed by atoms with Gasteiger partial charge >= 0.3 is 0 Å². The summed E-state index contributed by atoms with van der Waals surface area (Å²) >= 11 is 0. The van der Waals surface area contributed by atoms with Crippen LogP contribution in [-0.2, 0) is 0 Å². The van der Waals surface area contributed by atoms with Crippen LogP contribution in [0.1, 0.15) is 47.0 Å². The van der Waals surface area contributed by atoms with Crippen LogP contribution in [0.25, 0.3) is 0 Å². The minimum absolute atomic E-state index is 0.176. The summed E-state index contributed by atoms with van der Waals surface area (Å²) in [6.45, 7) is 11.2. The standard InChI is InChI=1S/C12H26N2/c1-10(2)11-7-5-6-8-14(11)12(3,4)9-13/h10-11H,5-9,13H2,1-4H3. The van der Waals surface area contributed by atoms with Crippen molar-refractivity contribution in [1.29, 1.82) is 0 Å². The number of nitrogens with two attached hydrogens (primary N) is 1. The first-order chi connectivity index (χ1) is 6.49. The fourth-order valence-corrected chi connectivity index (χ4v) is 2.52. The van der Waals surface area contributed by atoms with E-state index in [0.29, 0.717) is 0 Å². The Balaban J connectivity index is 2.72. The van der Waals surface area contributed by atoms with Gasteiger partial charge in [0, 0.05) is 18.1 Å². The number of hydrogen-bond acceptors (Lipinski definition) is 2. The average molecular weight is 198 g/mol. The predicted molar refractivity (Wildman–Crippen MR) is 62.3 cm³/mol. The van der Waals surface area contributed by atoms with Crippen LogP contribution in [-0.4, -0.2) is 29.6 Å². The van der Waals surface area contributed by atoms with E-state index in [4.69, 9.17) is 5.73 Å². The van der Waals surface area contributed by atoms with Crippen molar-refractivity contribution in [2.75, 3.05) is 13.1 Å². The van der Waals surface area contributed by atoms with Crippen molar-refractivity contribution in [3.8, 4) is 0 Å². The third-order valence-corrected chi connectivity index (χ3v) is 3.60. The molecule has 1 heterocycles. The molecule has 2 N–H and O–H groups in total. The summed E-state index contributed by atoms with van der Waals surface area (Å²) in [5.41, 5.74) is 6.03. The lowest BCUT2D eigenvalue weighted by Gasteiger charge is -2.47. The van der Waals surface area contributed by atoms with E-state index in [9.17, 15) is 0 Å². The molecule has 2 nitrogen and oxygen atoms in total. The molecule has 0 amide bonds. The molecule has 0 aromatic carbocycles. The van der Waals surface area contributed by atoms with E-state index in [1.807, 2.05) is 0 Å². The van der Waals surface area contributed by atoms with E-state index in [1.54, 1.807) is 0 Å². The van der Waals surface area contributed by atoms with Crippen LogP contribution < -0.4 is 5.73 Å². The van der Waals surface area contributed by atoms with Gasteiger partial charge in [0.05, 0.1) is 0 Å². The molecule has 0 radical (unpaired) electrons. The zero-order chi connectivity index (χ0) is 10.8. The number of rotatable bonds is 3. The first kappa shape index (κ1) is 12.0. The van der Waals surface area contributed by atoms with E-state index < -0.39 is 0 Å². The maximum atomic E-state index is 5.86. The highest BCUT2D eigenvalue weighted by molar-refractivity contribution is 4.90. The Morgan fingerprint density at radius 3 is 2.50 bits per heavy atom. The predicted octanol–water partition coefficient (Wildman–Crippen LogP) is 2.23. The van der Waals surface area contributed by atoms with E-state index in [0.717, 1.165) is 18.5 Å². The Kier molecular flexibility index (Phi) is 3.96. The summed E-state index contributed by atoms with van der Waals surface area (Å²) in [4.78, 5) is 2.63. The summed E-state index contributed by atoms with van der Waals surface area (Å²) < 4.78 is 0. The molecular weight excluding hydrogens is 172 g/mol. The molecule has 0 spiro atoms. The fraction of sp³-hybridized carbons (Fsp3) is 1.00. The molecule has 1 aliphatic heterocycles. The maximum Gasteiger partial charge on any atom is 0.0278 e. The van der Waals surface area contributed by atoms with Gasteiger partial charge in [0.25, 0.3) is 0 Å². The Morgan fingerprint density at radius 2 is 2.00 bits per heavy atom. The van der Waals surface area contributed by atoms with E-state index in [1.165, 1.54) is 25.8 Å². The molecule has 1 fully saturated rings. The van der Waals surface area contributed by atoms with Gasteiger partial charge in [-0.15, -0.1) is 0 Å². The lowest BCUT2D eigenvalue weighted by atomic mass is 9.87. The molecule has 0 aromatic rings. The van der Waals surface area contributed by atoms with Gasteiger partial charge < -0.3 is 5.73 Å². The van der Waals surface area contributed by atoms with Crippen molar-refractivity contribution in [3.63, 3.8) is 0 Å². The monoisotopic (exact) mass is 198 g/mol. The number of likely N-dealkylation sites (tertiary alicyclic amines) is 1. The molecule has 1 aliphatic rings. The van der Waals surface area contributed by atoms with Crippen LogP contribution in [0.4, 0.5) is 0 Å². The summed E-state index contributed by atoms with van der Waals surface area (Å²) in [5.74, 6) is 0.751. The third kappa shape index (κ3) is 2.48. The Labute approximate surface area is 88.8 Å². The quantitative estimate of drug-likeness (QED) is 0.753. The molecule has 2 heteroatoms. The molecule has 0 bridgehead atoms. The van der Waals surface area contributed by atoms with Gasteiger partial charge in [-0.3, -0.25) is 4.90 Å². The molecule has 1 unspecified atom stereocenters. The first-order valence-corrected chi connectivity index (χ1v) is 5.96. The first-order valence-electron chi connectivity index (χ1n) is 5.96. The van der Waals surface area contributed by atoms with Crippen LogP contribution in [0, 0.1) is 5.92 Å². The van der Waals surface area contributed by atoms with Crippen LogP contribution in [0.3, 0.4) is 0 Å². The molecule has 0 aromatic heterocycles. The van der Waals surface area contributed by atoms with Crippen LogP contribution in [0.5, 0.6) is 0 Å². The van der Waals surface area contributed by atoms with Crippen LogP contribution >= 0.6 is 0 Å². The molecule has 84 valence electrons. The minimum atomic E-state index is 0.176. The SMILES string of the molecule is CC(C)C1CCCCN1C(C)(C)CN. The number of hydrogen-bond donors (Lipinski definition) is 1. The topological polar surface area (TPSA) is 29.3 Å². The van der Waals surface area contributed by atoms with Gasteiger partial charge in [0.1, 0.15) is 0 Å². The van der Waals surface area contributed by atoms with Gasteiger partial charge in [-0.1, -0.05) is 20.3 Å². The smallest absolute Gasteiger partial charge is 0.0278 e. The van der Waals surface area contributed by atoms with Crippen molar-refractivity contribution in [2.45, 2.75) is 58.5 Å². The summed E-state index contributed by atoms with van der Waals surface area (Å²) in [6, 6.07) is 0.738. The minimum Gasteiger partial charge on any atom is -0.329 e. The maximum absolute atomic E-state index is 5.86.